The highest BCUT2D eigenvalue weighted by molar-refractivity contribution is 9.09. The zero-order chi connectivity index (χ0) is 33.7. The maximum Gasteiger partial charge on any atom is 0.208 e. The Morgan fingerprint density at radius 3 is 1.71 bits per heavy atom. The summed E-state index contributed by atoms with van der Waals surface area (Å²) in [5.41, 5.74) is 6.15. The zero-order valence-corrected chi connectivity index (χ0v) is 29.5. The molecule has 0 aliphatic carbocycles. The fourth-order valence-corrected chi connectivity index (χ4v) is 4.36. The van der Waals surface area contributed by atoms with E-state index in [1.807, 2.05) is 33.1 Å². The van der Waals surface area contributed by atoms with E-state index in [0.29, 0.717) is 16.5 Å². The van der Waals surface area contributed by atoms with Crippen molar-refractivity contribution in [2.24, 2.45) is 5.73 Å². The highest BCUT2D eigenvalue weighted by Crippen LogP contribution is 2.20. The number of carbonyl (C=O) groups excluding carboxylic acids is 4. The summed E-state index contributed by atoms with van der Waals surface area (Å²) >= 11 is 10.3. The molecule has 2 aromatic heterocycles. The molecule has 0 aliphatic rings. The summed E-state index contributed by atoms with van der Waals surface area (Å²) in [7, 11) is -1.00. The van der Waals surface area contributed by atoms with Crippen LogP contribution in [0.3, 0.4) is 0 Å². The quantitative estimate of drug-likeness (QED) is 0.117. The Bertz CT molecular complexity index is 1020. The fraction of sp³-hybridized carbons (Fsp3) is 0.577. The van der Waals surface area contributed by atoms with Gasteiger partial charge in [0.05, 0.1) is 13.9 Å². The molecule has 0 saturated heterocycles. The van der Waals surface area contributed by atoms with Gasteiger partial charge in [-0.05, 0) is 39.9 Å². The largest absolute Gasteiger partial charge is 0.376 e. The number of thiocarbonyl (C=S) groups is 1. The Kier molecular flexibility index (Phi) is 32.2. The maximum atomic E-state index is 11.0. The SMILES string of the molecule is CC.CC(=O)C(=O)CBr.CCN(CC)c1nc(C(C)=O)cs1.CCNC(N)=S.CCNc1nc(C(C)=O)cs1.[2H]CF. The molecule has 0 amide bonds. The van der Waals surface area contributed by atoms with Crippen molar-refractivity contribution in [1.82, 2.24) is 15.3 Å². The number of carbonyl (C=O) groups is 4. The Balaban J connectivity index is -0.000000226. The van der Waals surface area contributed by atoms with Crippen molar-refractivity contribution in [3.05, 3.63) is 22.1 Å². The third kappa shape index (κ3) is 25.1. The van der Waals surface area contributed by atoms with E-state index in [-0.39, 0.29) is 22.7 Å². The molecule has 0 spiro atoms. The Morgan fingerprint density at radius 1 is 1.00 bits per heavy atom. The lowest BCUT2D eigenvalue weighted by molar-refractivity contribution is -0.133. The molecule has 2 aromatic rings. The topological polar surface area (TPSA) is 147 Å². The van der Waals surface area contributed by atoms with E-state index in [1.165, 1.54) is 36.5 Å². The van der Waals surface area contributed by atoms with Gasteiger partial charge in [-0.1, -0.05) is 29.8 Å². The van der Waals surface area contributed by atoms with Crippen LogP contribution in [0.25, 0.3) is 0 Å². The number of ketones is 4. The van der Waals surface area contributed by atoms with Gasteiger partial charge < -0.3 is 21.3 Å². The fourth-order valence-electron chi connectivity index (χ4n) is 2.00. The number of halogens is 2. The summed E-state index contributed by atoms with van der Waals surface area (Å²) in [6.45, 7) is 19.9. The van der Waals surface area contributed by atoms with Crippen LogP contribution in [0.4, 0.5) is 14.7 Å². The van der Waals surface area contributed by atoms with Gasteiger partial charge in [0.15, 0.2) is 32.7 Å². The predicted octanol–water partition coefficient (Wildman–Crippen LogP) is 5.96. The van der Waals surface area contributed by atoms with Crippen molar-refractivity contribution in [3.8, 4) is 0 Å². The molecule has 0 fully saturated rings. The van der Waals surface area contributed by atoms with Crippen molar-refractivity contribution < 1.29 is 24.9 Å². The molecule has 41 heavy (non-hydrogen) atoms. The van der Waals surface area contributed by atoms with Gasteiger partial charge in [0.2, 0.25) is 5.78 Å². The highest BCUT2D eigenvalue weighted by Gasteiger charge is 2.09. The number of hydrogen-bond acceptors (Lipinski definition) is 11. The number of hydrogen-bond donors (Lipinski definition) is 3. The van der Waals surface area contributed by atoms with Crippen LogP contribution in [0.5, 0.6) is 0 Å². The van der Waals surface area contributed by atoms with E-state index in [1.54, 1.807) is 12.3 Å². The van der Waals surface area contributed by atoms with Crippen LogP contribution in [0.15, 0.2) is 10.8 Å². The van der Waals surface area contributed by atoms with Crippen LogP contribution in [0.1, 0.15) is 84.7 Å². The molecule has 0 aliphatic heterocycles. The lowest BCUT2D eigenvalue weighted by Crippen LogP contribution is -2.28. The summed E-state index contributed by atoms with van der Waals surface area (Å²) in [6, 6.07) is 0. The predicted molar refractivity (Wildman–Crippen MR) is 180 cm³/mol. The van der Waals surface area contributed by atoms with Gasteiger partial charge in [0.25, 0.3) is 0 Å². The molecule has 0 aromatic carbocycles. The number of anilines is 2. The molecule has 10 nitrogen and oxygen atoms in total. The first-order chi connectivity index (χ1) is 19.8. The number of Topliss-reactive ketones (excluding diaryl/α,β-unsaturated/α-hetero) is 4. The van der Waals surface area contributed by atoms with E-state index < -0.39 is 12.9 Å². The minimum absolute atomic E-state index is 0.0189. The molecule has 2 rings (SSSR count). The van der Waals surface area contributed by atoms with Gasteiger partial charge in [-0.25, -0.2) is 9.97 Å². The number of nitrogens with zero attached hydrogens (tertiary/aromatic N) is 3. The van der Waals surface area contributed by atoms with Crippen LogP contribution >= 0.6 is 50.8 Å². The monoisotopic (exact) mass is 701 g/mol. The lowest BCUT2D eigenvalue weighted by atomic mass is 10.3. The normalized spacial score (nSPS) is 8.90. The Labute approximate surface area is 267 Å². The van der Waals surface area contributed by atoms with Crippen LogP contribution in [-0.4, -0.2) is 76.9 Å². The number of nitrogens with one attached hydrogen (secondary N) is 2. The molecule has 4 N–H and O–H groups in total. The molecule has 0 radical (unpaired) electrons. The number of rotatable bonds is 10. The number of thiazole rings is 2. The van der Waals surface area contributed by atoms with E-state index in [9.17, 15) is 23.6 Å². The maximum absolute atomic E-state index is 11.0. The third-order valence-electron chi connectivity index (χ3n) is 3.94. The van der Waals surface area contributed by atoms with E-state index in [0.717, 1.165) is 36.4 Å². The average Bonchev–Trinajstić information content (AvgIpc) is 3.63. The van der Waals surface area contributed by atoms with Gasteiger partial charge in [-0.3, -0.25) is 23.6 Å². The second-order valence-electron chi connectivity index (χ2n) is 6.88. The van der Waals surface area contributed by atoms with Crippen LogP contribution < -0.4 is 21.3 Å². The van der Waals surface area contributed by atoms with Gasteiger partial charge in [-0.2, -0.15) is 0 Å². The first-order valence-corrected chi connectivity index (χ1v) is 16.0. The molecule has 236 valence electrons. The summed E-state index contributed by atoms with van der Waals surface area (Å²) in [5.74, 6) is -0.711. The molecule has 0 bridgehead atoms. The molecule has 0 atom stereocenters. The first kappa shape index (κ1) is 43.1. The van der Waals surface area contributed by atoms with Gasteiger partial charge in [-0.15, -0.1) is 22.7 Å². The Hall–Kier alpha value is -2.36. The minimum Gasteiger partial charge on any atom is -0.376 e. The van der Waals surface area contributed by atoms with Crippen molar-refractivity contribution in [3.63, 3.8) is 0 Å². The van der Waals surface area contributed by atoms with Crippen molar-refractivity contribution in [2.75, 3.05) is 48.9 Å². The molecular formula is C26H46BrFN6O4S3. The first-order valence-electron chi connectivity index (χ1n) is 13.4. The van der Waals surface area contributed by atoms with Crippen LogP contribution in [0, 0.1) is 0 Å². The second kappa shape index (κ2) is 30.6. The molecule has 0 saturated carbocycles. The van der Waals surface area contributed by atoms with Crippen molar-refractivity contribution >= 4 is 89.3 Å². The van der Waals surface area contributed by atoms with Gasteiger partial charge >= 0.3 is 0 Å². The van der Waals surface area contributed by atoms with Crippen LogP contribution in [0.2, 0.25) is 0 Å². The second-order valence-corrected chi connectivity index (χ2v) is 9.57. The van der Waals surface area contributed by atoms with Crippen LogP contribution in [-0.2, 0) is 9.59 Å². The third-order valence-corrected chi connectivity index (χ3v) is 6.30. The Morgan fingerprint density at radius 2 is 1.46 bits per heavy atom. The number of aromatic nitrogens is 2. The lowest BCUT2D eigenvalue weighted by Gasteiger charge is -2.16. The highest BCUT2D eigenvalue weighted by atomic mass is 79.9. The van der Waals surface area contributed by atoms with Gasteiger partial charge in [0, 0.05) is 57.7 Å². The van der Waals surface area contributed by atoms with E-state index in [2.05, 4.69) is 67.5 Å². The summed E-state index contributed by atoms with van der Waals surface area (Å²) in [5, 5.41) is 11.6. The van der Waals surface area contributed by atoms with E-state index in [4.69, 9.17) is 7.10 Å². The van der Waals surface area contributed by atoms with Crippen molar-refractivity contribution in [2.45, 2.75) is 62.3 Å². The average molecular weight is 703 g/mol. The smallest absolute Gasteiger partial charge is 0.208 e. The van der Waals surface area contributed by atoms with Gasteiger partial charge in [0.1, 0.15) is 11.4 Å². The molecular weight excluding hydrogens is 655 g/mol. The minimum atomic E-state index is -1.00. The molecule has 15 heteroatoms. The molecule has 0 unspecified atom stereocenters. The standard InChI is InChI=1S/C9H14N2OS.C7H10N2OS.C4H5BrO2.C3H8N2S.C2H6.CH3F/c1-4-11(5-2)9-10-8(6-13-9)7(3)12;1-3-8-7-9-6(4-11-7)5(2)10;1-3(6)4(7)2-5;1-2-5-3(4)6;2*1-2/h6H,4-5H2,1-3H3;4H,3H2,1-2H3,(H,8,9);2H2,1H3;2H2,1H3,(H3,4,5,6);1-2H3;1H3/i;;;;;1D. The van der Waals surface area contributed by atoms with E-state index >= 15 is 0 Å². The number of alkyl halides is 2. The molecule has 2 heterocycles. The van der Waals surface area contributed by atoms with Crippen molar-refractivity contribution in [1.29, 1.82) is 0 Å². The summed E-state index contributed by atoms with van der Waals surface area (Å²) in [4.78, 5) is 52.3. The number of nitrogens with two attached hydrogens (primary N) is 1. The summed E-state index contributed by atoms with van der Waals surface area (Å²) < 4.78 is 15.5. The zero-order valence-electron chi connectivity index (χ0n) is 26.4. The summed E-state index contributed by atoms with van der Waals surface area (Å²) in [6.07, 6.45) is 0.